The average molecular weight is 437 g/mol. The number of rotatable bonds is 3. The fraction of sp³-hybridized carbons (Fsp3) is 0.478. The highest BCUT2D eigenvalue weighted by Crippen LogP contribution is 2.30. The van der Waals surface area contributed by atoms with Crippen molar-refractivity contribution in [3.05, 3.63) is 35.2 Å². The molecule has 3 heterocycles. The maximum atomic E-state index is 12.7. The summed E-state index contributed by atoms with van der Waals surface area (Å²) in [7, 11) is 0. The molecule has 1 aliphatic heterocycles. The van der Waals surface area contributed by atoms with Crippen LogP contribution in [-0.2, 0) is 11.4 Å². The van der Waals surface area contributed by atoms with Crippen LogP contribution in [0, 0.1) is 18.3 Å². The van der Waals surface area contributed by atoms with Gasteiger partial charge in [-0.3, -0.25) is 4.40 Å². The topological polar surface area (TPSA) is 92.6 Å². The highest BCUT2D eigenvalue weighted by molar-refractivity contribution is 7.91. The first-order valence-corrected chi connectivity index (χ1v) is 11.8. The molecule has 1 atom stereocenters. The van der Waals surface area contributed by atoms with Crippen molar-refractivity contribution in [3.8, 4) is 6.07 Å². The molecule has 0 N–H and O–H groups in total. The lowest BCUT2D eigenvalue weighted by molar-refractivity contribution is 0.561. The van der Waals surface area contributed by atoms with Gasteiger partial charge in [-0.15, -0.1) is 0 Å². The van der Waals surface area contributed by atoms with E-state index < -0.39 is 16.1 Å². The molecule has 0 saturated carbocycles. The summed E-state index contributed by atoms with van der Waals surface area (Å²) in [5, 5.41) is 10.3. The van der Waals surface area contributed by atoms with Crippen molar-refractivity contribution in [2.75, 3.05) is 18.0 Å². The van der Waals surface area contributed by atoms with Crippen molar-refractivity contribution in [1.29, 1.82) is 5.26 Å². The number of piperidine rings is 1. The molecular formula is C23H28N6OS. The van der Waals surface area contributed by atoms with Gasteiger partial charge in [0.05, 0.1) is 17.4 Å². The Morgan fingerprint density at radius 3 is 2.55 bits per heavy atom. The molecule has 0 aliphatic carbocycles. The first-order chi connectivity index (χ1) is 14.7. The number of fused-ring (bicyclic) bond motifs is 3. The van der Waals surface area contributed by atoms with Crippen LogP contribution in [0.25, 0.3) is 16.6 Å². The summed E-state index contributed by atoms with van der Waals surface area (Å²) in [6.07, 6.45) is 5.22. The van der Waals surface area contributed by atoms with E-state index in [4.69, 9.17) is 4.98 Å². The highest BCUT2D eigenvalue weighted by Gasteiger charge is 2.28. The Hall–Kier alpha value is -2.63. The van der Waals surface area contributed by atoms with E-state index in [-0.39, 0.29) is 0 Å². The average Bonchev–Trinajstić information content (AvgIpc) is 3.17. The molecule has 1 aromatic carbocycles. The van der Waals surface area contributed by atoms with Crippen LogP contribution in [0.3, 0.4) is 0 Å². The smallest absolute Gasteiger partial charge is 0.211 e. The highest BCUT2D eigenvalue weighted by atomic mass is 32.2. The van der Waals surface area contributed by atoms with Crippen molar-refractivity contribution < 1.29 is 4.55 Å². The number of anilines is 1. The molecule has 1 aliphatic rings. The summed E-state index contributed by atoms with van der Waals surface area (Å²) in [6, 6.07) is 6.25. The lowest BCUT2D eigenvalue weighted by Gasteiger charge is -2.28. The second kappa shape index (κ2) is 8.13. The third kappa shape index (κ3) is 4.12. The molecule has 1 saturated heterocycles. The van der Waals surface area contributed by atoms with Gasteiger partial charge in [-0.1, -0.05) is 4.40 Å². The van der Waals surface area contributed by atoms with Crippen LogP contribution >= 0.6 is 0 Å². The van der Waals surface area contributed by atoms with E-state index in [0.717, 1.165) is 59.6 Å². The Balaban J connectivity index is 2.00. The normalized spacial score (nSPS) is 16.7. The zero-order valence-electron chi connectivity index (χ0n) is 18.8. The number of nitrogens with zero attached hydrogens (tertiary/aromatic N) is 6. The van der Waals surface area contributed by atoms with Gasteiger partial charge in [-0.05, 0) is 71.6 Å². The fourth-order valence-electron chi connectivity index (χ4n) is 3.90. The lowest BCUT2D eigenvalue weighted by atomic mass is 10.0. The minimum absolute atomic E-state index is 0.370. The monoisotopic (exact) mass is 436 g/mol. The summed E-state index contributed by atoms with van der Waals surface area (Å²) in [6.45, 7) is 11.5. The lowest BCUT2D eigenvalue weighted by Crippen LogP contribution is -2.32. The molecule has 162 valence electrons. The second-order valence-corrected chi connectivity index (χ2v) is 11.0. The van der Waals surface area contributed by atoms with Gasteiger partial charge in [0.25, 0.3) is 0 Å². The van der Waals surface area contributed by atoms with Crippen LogP contribution in [0.2, 0.25) is 0 Å². The molecule has 0 spiro atoms. The van der Waals surface area contributed by atoms with Crippen molar-refractivity contribution in [1.82, 2.24) is 14.4 Å². The Labute approximate surface area is 186 Å². The molecule has 31 heavy (non-hydrogen) atoms. The van der Waals surface area contributed by atoms with Gasteiger partial charge in [0, 0.05) is 24.0 Å². The Morgan fingerprint density at radius 1 is 1.19 bits per heavy atom. The van der Waals surface area contributed by atoms with Crippen molar-refractivity contribution >= 4 is 39.6 Å². The molecular weight excluding hydrogens is 408 g/mol. The van der Waals surface area contributed by atoms with E-state index >= 15 is 0 Å². The summed E-state index contributed by atoms with van der Waals surface area (Å²) in [4.78, 5) is 11.9. The minimum Gasteiger partial charge on any atom is -0.591 e. The second-order valence-electron chi connectivity index (χ2n) is 9.14. The maximum Gasteiger partial charge on any atom is 0.211 e. The van der Waals surface area contributed by atoms with E-state index in [2.05, 4.69) is 20.4 Å². The molecule has 0 amide bonds. The van der Waals surface area contributed by atoms with Gasteiger partial charge in [0.15, 0.2) is 11.3 Å². The number of benzene rings is 1. The largest absolute Gasteiger partial charge is 0.591 e. The van der Waals surface area contributed by atoms with Crippen LogP contribution in [0.15, 0.2) is 22.7 Å². The van der Waals surface area contributed by atoms with E-state index in [1.807, 2.05) is 51.2 Å². The molecule has 1 unspecified atom stereocenters. The Kier molecular flexibility index (Phi) is 5.67. The fourth-order valence-corrected chi connectivity index (χ4v) is 4.52. The third-order valence-electron chi connectivity index (χ3n) is 5.52. The minimum atomic E-state index is -1.37. The molecule has 2 aromatic heterocycles. The van der Waals surface area contributed by atoms with Crippen LogP contribution in [0.5, 0.6) is 0 Å². The maximum absolute atomic E-state index is 12.7. The van der Waals surface area contributed by atoms with Gasteiger partial charge >= 0.3 is 0 Å². The van der Waals surface area contributed by atoms with Gasteiger partial charge in [0.1, 0.15) is 22.2 Å². The number of imidazole rings is 1. The van der Waals surface area contributed by atoms with Crippen LogP contribution in [0.1, 0.15) is 63.8 Å². The zero-order valence-corrected chi connectivity index (χ0v) is 19.6. The quantitative estimate of drug-likeness (QED) is 0.450. The number of hydrogen-bond donors (Lipinski definition) is 0. The Morgan fingerprint density at radius 2 is 1.90 bits per heavy atom. The molecule has 4 rings (SSSR count). The number of hydrogen-bond acceptors (Lipinski definition) is 6. The van der Waals surface area contributed by atoms with Crippen LogP contribution in [-0.4, -0.2) is 42.5 Å². The number of aryl methyl sites for hydroxylation is 1. The third-order valence-corrected chi connectivity index (χ3v) is 7.00. The SMILES string of the molecule is CC(=N[S+]([O-])C(C)(C)C)c1cc(C)cc2c1nc(N1CCCCC1)n1cc(C#N)nc21. The van der Waals surface area contributed by atoms with E-state index in [0.29, 0.717) is 11.4 Å². The predicted octanol–water partition coefficient (Wildman–Crippen LogP) is 4.32. The van der Waals surface area contributed by atoms with E-state index in [1.54, 1.807) is 6.20 Å². The van der Waals surface area contributed by atoms with Crippen LogP contribution < -0.4 is 4.90 Å². The van der Waals surface area contributed by atoms with E-state index in [1.165, 1.54) is 6.42 Å². The van der Waals surface area contributed by atoms with E-state index in [9.17, 15) is 9.81 Å². The summed E-state index contributed by atoms with van der Waals surface area (Å²) < 4.78 is 18.7. The summed E-state index contributed by atoms with van der Waals surface area (Å²) in [5.74, 6) is 0.797. The zero-order chi connectivity index (χ0) is 22.3. The molecule has 7 nitrogen and oxygen atoms in total. The standard InChI is InChI=1S/C23H28N6OS/c1-15-11-18(16(2)27-31(30)23(3,4)5)20-19(12-15)21-25-17(13-24)14-29(21)22(26-20)28-9-7-6-8-10-28/h11-12,14H,6-10H2,1-5H3. The van der Waals surface area contributed by atoms with Gasteiger partial charge < -0.3 is 9.45 Å². The molecule has 3 aromatic rings. The number of aromatic nitrogens is 3. The Bertz CT molecular complexity index is 1210. The van der Waals surface area contributed by atoms with Crippen LogP contribution in [0.4, 0.5) is 5.95 Å². The molecule has 1 fully saturated rings. The summed E-state index contributed by atoms with van der Waals surface area (Å²) in [5.41, 5.74) is 4.45. The van der Waals surface area contributed by atoms with Gasteiger partial charge in [-0.25, -0.2) is 9.97 Å². The van der Waals surface area contributed by atoms with Crippen molar-refractivity contribution in [2.24, 2.45) is 4.40 Å². The van der Waals surface area contributed by atoms with Gasteiger partial charge in [0.2, 0.25) is 5.95 Å². The molecule has 8 heteroatoms. The van der Waals surface area contributed by atoms with Crippen molar-refractivity contribution in [3.63, 3.8) is 0 Å². The van der Waals surface area contributed by atoms with Crippen molar-refractivity contribution in [2.45, 2.75) is 58.6 Å². The predicted molar refractivity (Wildman–Crippen MR) is 126 cm³/mol. The first kappa shape index (κ1) is 21.6. The molecule has 0 radical (unpaired) electrons. The number of nitriles is 1. The summed E-state index contributed by atoms with van der Waals surface area (Å²) >= 11 is -1.37. The van der Waals surface area contributed by atoms with Gasteiger partial charge in [-0.2, -0.15) is 5.26 Å². The molecule has 0 bridgehead atoms. The first-order valence-electron chi connectivity index (χ1n) is 10.6.